The molecule has 0 saturated heterocycles. The summed E-state index contributed by atoms with van der Waals surface area (Å²) in [6.45, 7) is 4.49. The van der Waals surface area contributed by atoms with Gasteiger partial charge in [0.25, 0.3) is 0 Å². The molecule has 2 aromatic rings. The smallest absolute Gasteiger partial charge is 0.0625 e. The number of hydrogen-bond donors (Lipinski definition) is 0. The average Bonchev–Trinajstić information content (AvgIpc) is 2.35. The molecule has 0 saturated carbocycles. The van der Waals surface area contributed by atoms with Crippen molar-refractivity contribution >= 4 is 10.8 Å². The van der Waals surface area contributed by atoms with Gasteiger partial charge in [0.2, 0.25) is 0 Å². The SMILES string of the molecule is CC(C)Cc1cccc2cccc(CCC#N)c12. The van der Waals surface area contributed by atoms with Crippen molar-refractivity contribution in [1.29, 1.82) is 5.26 Å². The second-order valence-electron chi connectivity index (χ2n) is 5.19. The Morgan fingerprint density at radius 1 is 1.06 bits per heavy atom. The summed E-state index contributed by atoms with van der Waals surface area (Å²) in [5, 5.41) is 11.4. The molecule has 0 fully saturated rings. The highest BCUT2D eigenvalue weighted by Crippen LogP contribution is 2.26. The maximum atomic E-state index is 8.76. The van der Waals surface area contributed by atoms with Gasteiger partial charge in [-0.1, -0.05) is 50.2 Å². The third-order valence-electron chi connectivity index (χ3n) is 3.21. The average molecular weight is 237 g/mol. The molecule has 0 heterocycles. The van der Waals surface area contributed by atoms with E-state index in [0.29, 0.717) is 12.3 Å². The molecule has 0 atom stereocenters. The molecule has 92 valence electrons. The van der Waals surface area contributed by atoms with Crippen LogP contribution in [0.1, 0.15) is 31.4 Å². The van der Waals surface area contributed by atoms with Gasteiger partial charge in [-0.25, -0.2) is 0 Å². The van der Waals surface area contributed by atoms with Crippen LogP contribution in [-0.2, 0) is 12.8 Å². The number of aryl methyl sites for hydroxylation is 1. The van der Waals surface area contributed by atoms with Crippen molar-refractivity contribution in [2.24, 2.45) is 5.92 Å². The van der Waals surface area contributed by atoms with E-state index in [4.69, 9.17) is 5.26 Å². The largest absolute Gasteiger partial charge is 0.198 e. The van der Waals surface area contributed by atoms with E-state index in [1.165, 1.54) is 21.9 Å². The lowest BCUT2D eigenvalue weighted by atomic mass is 9.92. The number of fused-ring (bicyclic) bond motifs is 1. The normalized spacial score (nSPS) is 10.8. The van der Waals surface area contributed by atoms with Crippen molar-refractivity contribution in [3.05, 3.63) is 47.5 Å². The molecule has 2 rings (SSSR count). The summed E-state index contributed by atoms with van der Waals surface area (Å²) in [6.07, 6.45) is 2.54. The Hall–Kier alpha value is -1.81. The van der Waals surface area contributed by atoms with Gasteiger partial charge in [-0.3, -0.25) is 0 Å². The standard InChI is InChI=1S/C17H19N/c1-13(2)12-16-9-4-8-14-6-3-7-15(17(14)16)10-5-11-18/h3-4,6-9,13H,5,10,12H2,1-2H3. The number of benzene rings is 2. The van der Waals surface area contributed by atoms with Crippen LogP contribution in [0.2, 0.25) is 0 Å². The first-order valence-corrected chi connectivity index (χ1v) is 6.59. The topological polar surface area (TPSA) is 23.8 Å². The maximum Gasteiger partial charge on any atom is 0.0625 e. The molecule has 0 amide bonds. The van der Waals surface area contributed by atoms with Gasteiger partial charge in [-0.15, -0.1) is 0 Å². The van der Waals surface area contributed by atoms with E-state index in [-0.39, 0.29) is 0 Å². The summed E-state index contributed by atoms with van der Waals surface area (Å²) in [7, 11) is 0. The van der Waals surface area contributed by atoms with Crippen LogP contribution in [0.4, 0.5) is 0 Å². The number of rotatable bonds is 4. The molecule has 2 aromatic carbocycles. The van der Waals surface area contributed by atoms with E-state index in [0.717, 1.165) is 12.8 Å². The van der Waals surface area contributed by atoms with Gasteiger partial charge in [0, 0.05) is 6.42 Å². The molecule has 18 heavy (non-hydrogen) atoms. The second-order valence-corrected chi connectivity index (χ2v) is 5.19. The molecular weight excluding hydrogens is 218 g/mol. The summed E-state index contributed by atoms with van der Waals surface area (Å²) in [4.78, 5) is 0. The van der Waals surface area contributed by atoms with Gasteiger partial charge in [0.15, 0.2) is 0 Å². The van der Waals surface area contributed by atoms with E-state index in [1.807, 2.05) is 0 Å². The molecule has 1 heteroatoms. The van der Waals surface area contributed by atoms with Crippen molar-refractivity contribution < 1.29 is 0 Å². The van der Waals surface area contributed by atoms with E-state index < -0.39 is 0 Å². The first kappa shape index (κ1) is 12.6. The molecule has 1 nitrogen and oxygen atoms in total. The fraction of sp³-hybridized carbons (Fsp3) is 0.353. The van der Waals surface area contributed by atoms with Crippen LogP contribution in [0.25, 0.3) is 10.8 Å². The van der Waals surface area contributed by atoms with E-state index in [9.17, 15) is 0 Å². The monoisotopic (exact) mass is 237 g/mol. The molecule has 0 aliphatic heterocycles. The zero-order valence-electron chi connectivity index (χ0n) is 11.1. The van der Waals surface area contributed by atoms with Crippen molar-refractivity contribution in [1.82, 2.24) is 0 Å². The fourth-order valence-corrected chi connectivity index (χ4v) is 2.51. The molecule has 0 N–H and O–H groups in total. The molecule has 0 aliphatic carbocycles. The van der Waals surface area contributed by atoms with E-state index in [1.54, 1.807) is 0 Å². The summed E-state index contributed by atoms with van der Waals surface area (Å²) < 4.78 is 0. The van der Waals surface area contributed by atoms with Crippen molar-refractivity contribution in [3.8, 4) is 6.07 Å². The highest BCUT2D eigenvalue weighted by molar-refractivity contribution is 5.89. The highest BCUT2D eigenvalue weighted by Gasteiger charge is 2.07. The van der Waals surface area contributed by atoms with Gasteiger partial charge in [0.05, 0.1) is 6.07 Å². The summed E-state index contributed by atoms with van der Waals surface area (Å²) in [5.74, 6) is 0.652. The van der Waals surface area contributed by atoms with Crippen LogP contribution in [0.3, 0.4) is 0 Å². The third-order valence-corrected chi connectivity index (χ3v) is 3.21. The lowest BCUT2D eigenvalue weighted by Crippen LogP contribution is -1.97. The Labute approximate surface area is 109 Å². The van der Waals surface area contributed by atoms with E-state index >= 15 is 0 Å². The predicted molar refractivity (Wildman–Crippen MR) is 76.4 cm³/mol. The lowest BCUT2D eigenvalue weighted by molar-refractivity contribution is 0.650. The van der Waals surface area contributed by atoms with Crippen LogP contribution in [-0.4, -0.2) is 0 Å². The van der Waals surface area contributed by atoms with Gasteiger partial charge in [0.1, 0.15) is 0 Å². The second kappa shape index (κ2) is 5.69. The Kier molecular flexibility index (Phi) is 3.99. The predicted octanol–water partition coefficient (Wildman–Crippen LogP) is 4.49. The molecule has 0 aromatic heterocycles. The van der Waals surface area contributed by atoms with Gasteiger partial charge in [-0.2, -0.15) is 5.26 Å². The quantitative estimate of drug-likeness (QED) is 0.768. The van der Waals surface area contributed by atoms with Crippen molar-refractivity contribution in [2.75, 3.05) is 0 Å². The first-order chi connectivity index (χ1) is 8.72. The Bertz CT molecular complexity index is 570. The molecule has 0 aliphatic rings. The fourth-order valence-electron chi connectivity index (χ4n) is 2.51. The first-order valence-electron chi connectivity index (χ1n) is 6.59. The lowest BCUT2D eigenvalue weighted by Gasteiger charge is -2.12. The zero-order valence-corrected chi connectivity index (χ0v) is 11.1. The Morgan fingerprint density at radius 2 is 1.72 bits per heavy atom. The number of hydrogen-bond acceptors (Lipinski definition) is 1. The van der Waals surface area contributed by atoms with Crippen molar-refractivity contribution in [3.63, 3.8) is 0 Å². The van der Waals surface area contributed by atoms with Crippen LogP contribution in [0.15, 0.2) is 36.4 Å². The molecule has 0 unspecified atom stereocenters. The van der Waals surface area contributed by atoms with Gasteiger partial charge >= 0.3 is 0 Å². The minimum absolute atomic E-state index is 0.592. The van der Waals surface area contributed by atoms with Gasteiger partial charge < -0.3 is 0 Å². The van der Waals surface area contributed by atoms with Crippen molar-refractivity contribution in [2.45, 2.75) is 33.1 Å². The van der Waals surface area contributed by atoms with Gasteiger partial charge in [-0.05, 0) is 40.7 Å². The summed E-state index contributed by atoms with van der Waals surface area (Å²) in [5.41, 5.74) is 2.72. The summed E-state index contributed by atoms with van der Waals surface area (Å²) in [6, 6.07) is 15.2. The van der Waals surface area contributed by atoms with Crippen LogP contribution >= 0.6 is 0 Å². The Morgan fingerprint density at radius 3 is 2.33 bits per heavy atom. The minimum atomic E-state index is 0.592. The molecule has 0 bridgehead atoms. The maximum absolute atomic E-state index is 8.76. The van der Waals surface area contributed by atoms with Crippen LogP contribution in [0, 0.1) is 17.2 Å². The Balaban J connectivity index is 2.53. The third kappa shape index (κ3) is 2.71. The minimum Gasteiger partial charge on any atom is -0.198 e. The van der Waals surface area contributed by atoms with Crippen LogP contribution < -0.4 is 0 Å². The molecule has 0 spiro atoms. The molecule has 0 radical (unpaired) electrons. The van der Waals surface area contributed by atoms with Crippen LogP contribution in [0.5, 0.6) is 0 Å². The highest BCUT2D eigenvalue weighted by atomic mass is 14.2. The zero-order chi connectivity index (χ0) is 13.0. The molecular formula is C17H19N. The number of nitriles is 1. The number of nitrogens with zero attached hydrogens (tertiary/aromatic N) is 1. The summed E-state index contributed by atoms with van der Waals surface area (Å²) >= 11 is 0. The van der Waals surface area contributed by atoms with E-state index in [2.05, 4.69) is 56.3 Å².